The van der Waals surface area contributed by atoms with Crippen molar-refractivity contribution in [1.82, 2.24) is 0 Å². The third-order valence-electron chi connectivity index (χ3n) is 2.55. The zero-order valence-corrected chi connectivity index (χ0v) is 10.1. The summed E-state index contributed by atoms with van der Waals surface area (Å²) in [5.74, 6) is 2.38. The second-order valence-corrected chi connectivity index (χ2v) is 5.14. The van der Waals surface area contributed by atoms with Gasteiger partial charge in [0.25, 0.3) is 0 Å². The first-order chi connectivity index (χ1) is 5.93. The molecule has 0 aliphatic rings. The van der Waals surface area contributed by atoms with Crippen molar-refractivity contribution in [2.45, 2.75) is 53.9 Å². The van der Waals surface area contributed by atoms with E-state index in [9.17, 15) is 0 Å². The van der Waals surface area contributed by atoms with E-state index in [1.165, 1.54) is 24.8 Å². The van der Waals surface area contributed by atoms with Gasteiger partial charge in [0.05, 0.1) is 0 Å². The van der Waals surface area contributed by atoms with Gasteiger partial charge >= 0.3 is 0 Å². The highest BCUT2D eigenvalue weighted by atomic mass is 14.2. The number of hydrogen-bond acceptors (Lipinski definition) is 0. The zero-order chi connectivity index (χ0) is 10.4. The zero-order valence-electron chi connectivity index (χ0n) is 10.1. The highest BCUT2D eigenvalue weighted by Gasteiger charge is 2.11. The van der Waals surface area contributed by atoms with E-state index in [-0.39, 0.29) is 0 Å². The Labute approximate surface area is 84.4 Å². The summed E-state index contributed by atoms with van der Waals surface area (Å²) in [6, 6.07) is 0. The summed E-state index contributed by atoms with van der Waals surface area (Å²) in [6.07, 6.45) is 3.97. The molecule has 0 aromatic rings. The van der Waals surface area contributed by atoms with Crippen molar-refractivity contribution in [1.29, 1.82) is 0 Å². The van der Waals surface area contributed by atoms with Crippen LogP contribution in [0, 0.1) is 17.8 Å². The fourth-order valence-electron chi connectivity index (χ4n) is 1.67. The molecule has 0 saturated carbocycles. The maximum Gasteiger partial charge on any atom is -0.0206 e. The van der Waals surface area contributed by atoms with Crippen molar-refractivity contribution in [3.8, 4) is 0 Å². The van der Waals surface area contributed by atoms with Gasteiger partial charge in [0.1, 0.15) is 0 Å². The maximum atomic E-state index is 4.09. The molecule has 0 nitrogen and oxygen atoms in total. The van der Waals surface area contributed by atoms with Gasteiger partial charge < -0.3 is 0 Å². The van der Waals surface area contributed by atoms with Crippen LogP contribution in [-0.2, 0) is 0 Å². The lowest BCUT2D eigenvalue weighted by atomic mass is 9.86. The Morgan fingerprint density at radius 1 is 1.00 bits per heavy atom. The van der Waals surface area contributed by atoms with E-state index in [4.69, 9.17) is 0 Å². The minimum Gasteiger partial charge on any atom is -0.0999 e. The first-order valence-corrected chi connectivity index (χ1v) is 5.58. The van der Waals surface area contributed by atoms with Crippen LogP contribution in [0.4, 0.5) is 0 Å². The predicted octanol–water partition coefficient (Wildman–Crippen LogP) is 4.66. The fraction of sp³-hybridized carbons (Fsp3) is 0.846. The monoisotopic (exact) mass is 182 g/mol. The quantitative estimate of drug-likeness (QED) is 0.524. The summed E-state index contributed by atoms with van der Waals surface area (Å²) in [5.41, 5.74) is 1.37. The molecule has 0 heteroatoms. The van der Waals surface area contributed by atoms with Crippen LogP contribution < -0.4 is 0 Å². The topological polar surface area (TPSA) is 0 Å². The Morgan fingerprint density at radius 2 is 1.54 bits per heavy atom. The highest BCUT2D eigenvalue weighted by molar-refractivity contribution is 4.96. The van der Waals surface area contributed by atoms with Crippen LogP contribution in [0.25, 0.3) is 0 Å². The summed E-state index contributed by atoms with van der Waals surface area (Å²) in [6.45, 7) is 15.4. The normalized spacial score (nSPS) is 13.8. The molecule has 0 heterocycles. The maximum absolute atomic E-state index is 4.09. The Bertz CT molecular complexity index is 142. The fourth-order valence-corrected chi connectivity index (χ4v) is 1.67. The Balaban J connectivity index is 3.88. The van der Waals surface area contributed by atoms with Gasteiger partial charge in [-0.25, -0.2) is 0 Å². The minimum absolute atomic E-state index is 0.752. The largest absolute Gasteiger partial charge is 0.0999 e. The molecular weight excluding hydrogens is 156 g/mol. The van der Waals surface area contributed by atoms with Crippen molar-refractivity contribution in [3.63, 3.8) is 0 Å². The van der Waals surface area contributed by atoms with Crippen LogP contribution in [-0.4, -0.2) is 0 Å². The number of hydrogen-bond donors (Lipinski definition) is 0. The second-order valence-electron chi connectivity index (χ2n) is 5.14. The lowest BCUT2D eigenvalue weighted by Gasteiger charge is -2.20. The van der Waals surface area contributed by atoms with Gasteiger partial charge in [0, 0.05) is 0 Å². The van der Waals surface area contributed by atoms with E-state index < -0.39 is 0 Å². The van der Waals surface area contributed by atoms with Gasteiger partial charge in [-0.15, -0.1) is 0 Å². The first kappa shape index (κ1) is 12.7. The van der Waals surface area contributed by atoms with Crippen LogP contribution in [0.5, 0.6) is 0 Å². The summed E-state index contributed by atoms with van der Waals surface area (Å²) < 4.78 is 0. The number of rotatable bonds is 6. The summed E-state index contributed by atoms with van der Waals surface area (Å²) in [7, 11) is 0. The summed E-state index contributed by atoms with van der Waals surface area (Å²) >= 11 is 0. The van der Waals surface area contributed by atoms with Crippen LogP contribution in [0.2, 0.25) is 0 Å². The highest BCUT2D eigenvalue weighted by Crippen LogP contribution is 2.25. The molecule has 0 aliphatic carbocycles. The van der Waals surface area contributed by atoms with Crippen molar-refractivity contribution in [2.75, 3.05) is 0 Å². The average molecular weight is 182 g/mol. The van der Waals surface area contributed by atoms with Crippen molar-refractivity contribution >= 4 is 0 Å². The molecule has 1 unspecified atom stereocenters. The molecule has 0 radical (unpaired) electrons. The van der Waals surface area contributed by atoms with Gasteiger partial charge in [-0.3, -0.25) is 0 Å². The molecule has 0 N–H and O–H groups in total. The minimum atomic E-state index is 0.752. The molecule has 0 rings (SSSR count). The van der Waals surface area contributed by atoms with Gasteiger partial charge in [-0.1, -0.05) is 46.3 Å². The lowest BCUT2D eigenvalue weighted by molar-refractivity contribution is 0.397. The molecule has 0 bridgehead atoms. The molecule has 0 spiro atoms. The summed E-state index contributed by atoms with van der Waals surface area (Å²) in [4.78, 5) is 0. The van der Waals surface area contributed by atoms with Gasteiger partial charge in [0.2, 0.25) is 0 Å². The standard InChI is InChI=1S/C13H26/c1-10(2)7-8-13(12(5)6)9-11(3)4/h10-11,13H,5,7-9H2,1-4,6H3. The Hall–Kier alpha value is -0.260. The van der Waals surface area contributed by atoms with E-state index in [1.807, 2.05) is 0 Å². The Kier molecular flexibility index (Phi) is 6.11. The van der Waals surface area contributed by atoms with E-state index in [1.54, 1.807) is 0 Å². The van der Waals surface area contributed by atoms with E-state index in [0.29, 0.717) is 0 Å². The number of allylic oxidation sites excluding steroid dienone is 1. The molecule has 0 amide bonds. The smallest absolute Gasteiger partial charge is 0.0206 e. The SMILES string of the molecule is C=C(C)C(CCC(C)C)CC(C)C. The van der Waals surface area contributed by atoms with E-state index >= 15 is 0 Å². The molecule has 0 saturated heterocycles. The molecule has 0 aromatic carbocycles. The van der Waals surface area contributed by atoms with Gasteiger partial charge in [-0.05, 0) is 37.5 Å². The van der Waals surface area contributed by atoms with Crippen LogP contribution in [0.3, 0.4) is 0 Å². The van der Waals surface area contributed by atoms with Crippen LogP contribution in [0.15, 0.2) is 12.2 Å². The third-order valence-corrected chi connectivity index (χ3v) is 2.55. The molecular formula is C13H26. The molecule has 0 aromatic heterocycles. The second kappa shape index (κ2) is 6.23. The predicted molar refractivity (Wildman–Crippen MR) is 61.8 cm³/mol. The van der Waals surface area contributed by atoms with Crippen LogP contribution in [0.1, 0.15) is 53.9 Å². The average Bonchev–Trinajstić information content (AvgIpc) is 1.96. The van der Waals surface area contributed by atoms with Crippen molar-refractivity contribution < 1.29 is 0 Å². The third kappa shape index (κ3) is 6.86. The molecule has 13 heavy (non-hydrogen) atoms. The van der Waals surface area contributed by atoms with Crippen molar-refractivity contribution in [3.05, 3.63) is 12.2 Å². The van der Waals surface area contributed by atoms with Crippen molar-refractivity contribution in [2.24, 2.45) is 17.8 Å². The van der Waals surface area contributed by atoms with Gasteiger partial charge in [0.15, 0.2) is 0 Å². The Morgan fingerprint density at radius 3 is 1.85 bits per heavy atom. The first-order valence-electron chi connectivity index (χ1n) is 5.58. The molecule has 1 atom stereocenters. The summed E-state index contributed by atoms with van der Waals surface area (Å²) in [5, 5.41) is 0. The van der Waals surface area contributed by atoms with E-state index in [2.05, 4.69) is 41.2 Å². The van der Waals surface area contributed by atoms with Gasteiger partial charge in [-0.2, -0.15) is 0 Å². The lowest BCUT2D eigenvalue weighted by Crippen LogP contribution is -2.07. The molecule has 0 aliphatic heterocycles. The van der Waals surface area contributed by atoms with E-state index in [0.717, 1.165) is 17.8 Å². The van der Waals surface area contributed by atoms with Crippen LogP contribution >= 0.6 is 0 Å². The molecule has 78 valence electrons. The molecule has 0 fully saturated rings.